The fraction of sp³-hybridized carbons (Fsp3) is 0.767. The van der Waals surface area contributed by atoms with Gasteiger partial charge in [-0.1, -0.05) is 122 Å². The Morgan fingerprint density at radius 1 is 0.688 bits per heavy atom. The summed E-state index contributed by atoms with van der Waals surface area (Å²) in [6.45, 7) is 8.65. The predicted molar refractivity (Wildman–Crippen MR) is 140 cm³/mol. The Morgan fingerprint density at radius 3 is 1.62 bits per heavy atom. The van der Waals surface area contributed by atoms with E-state index in [4.69, 9.17) is 0 Å². The highest BCUT2D eigenvalue weighted by molar-refractivity contribution is 5.76. The second kappa shape index (κ2) is 18.2. The number of unbranched alkanes of at least 4 members (excludes halogenated alkanes) is 14. The first kappa shape index (κ1) is 28.7. The minimum Gasteiger partial charge on any atom is -0.481 e. The summed E-state index contributed by atoms with van der Waals surface area (Å²) in [6, 6.07) is 4.41. The van der Waals surface area contributed by atoms with Crippen molar-refractivity contribution in [2.75, 3.05) is 0 Å². The Bertz CT molecular complexity index is 620. The Morgan fingerprint density at radius 2 is 1.16 bits per heavy atom. The van der Waals surface area contributed by atoms with Crippen LogP contribution >= 0.6 is 0 Å². The van der Waals surface area contributed by atoms with Gasteiger partial charge in [-0.05, 0) is 55.4 Å². The van der Waals surface area contributed by atoms with E-state index in [1.54, 1.807) is 0 Å². The molecule has 0 saturated heterocycles. The summed E-state index contributed by atoms with van der Waals surface area (Å²) < 4.78 is 0. The van der Waals surface area contributed by atoms with Crippen molar-refractivity contribution in [1.29, 1.82) is 0 Å². The summed E-state index contributed by atoms with van der Waals surface area (Å²) in [5.74, 6) is -1.04. The Labute approximate surface area is 199 Å². The lowest BCUT2D eigenvalue weighted by Crippen LogP contribution is -2.13. The van der Waals surface area contributed by atoms with Gasteiger partial charge in [-0.3, -0.25) is 4.79 Å². The highest BCUT2D eigenvalue weighted by atomic mass is 16.4. The first-order valence-corrected chi connectivity index (χ1v) is 13.8. The maximum Gasteiger partial charge on any atom is 0.310 e. The molecule has 0 fully saturated rings. The van der Waals surface area contributed by atoms with Crippen molar-refractivity contribution in [3.05, 3.63) is 34.4 Å². The van der Waals surface area contributed by atoms with E-state index in [1.807, 2.05) is 0 Å². The van der Waals surface area contributed by atoms with E-state index in [0.717, 1.165) is 36.8 Å². The van der Waals surface area contributed by atoms with Gasteiger partial charge in [0.05, 0.1) is 5.92 Å². The number of aliphatic carboxylic acids is 1. The fourth-order valence-electron chi connectivity index (χ4n) is 4.87. The van der Waals surface area contributed by atoms with Gasteiger partial charge >= 0.3 is 5.97 Å². The molecule has 1 unspecified atom stereocenters. The third-order valence-corrected chi connectivity index (χ3v) is 7.04. The van der Waals surface area contributed by atoms with Crippen LogP contribution in [0.3, 0.4) is 0 Å². The Kier molecular flexibility index (Phi) is 16.3. The second-order valence-corrected chi connectivity index (χ2v) is 10.0. The van der Waals surface area contributed by atoms with E-state index in [9.17, 15) is 9.90 Å². The summed E-state index contributed by atoms with van der Waals surface area (Å²) in [4.78, 5) is 11.8. The number of benzene rings is 1. The number of aryl methyl sites for hydroxylation is 3. The number of carboxylic acid groups (broad SMARTS) is 1. The third kappa shape index (κ3) is 12.1. The molecule has 32 heavy (non-hydrogen) atoms. The SMILES string of the molecule is CCCCCCCCCCCCCCCCc1cc(C)c(C(CCCC)C(=O)O)cc1C. The molecule has 184 valence electrons. The smallest absolute Gasteiger partial charge is 0.310 e. The molecule has 0 spiro atoms. The molecule has 1 aromatic carbocycles. The van der Waals surface area contributed by atoms with Gasteiger partial charge in [0.2, 0.25) is 0 Å². The quantitative estimate of drug-likeness (QED) is 0.203. The zero-order chi connectivity index (χ0) is 23.6. The summed E-state index contributed by atoms with van der Waals surface area (Å²) in [7, 11) is 0. The topological polar surface area (TPSA) is 37.3 Å². The number of hydrogen-bond acceptors (Lipinski definition) is 1. The van der Waals surface area contributed by atoms with Crippen LogP contribution in [0.1, 0.15) is 151 Å². The van der Waals surface area contributed by atoms with Gasteiger partial charge < -0.3 is 5.11 Å². The maximum atomic E-state index is 11.8. The van der Waals surface area contributed by atoms with Crippen LogP contribution < -0.4 is 0 Å². The van der Waals surface area contributed by atoms with Crippen molar-refractivity contribution >= 4 is 5.97 Å². The van der Waals surface area contributed by atoms with Gasteiger partial charge in [0.1, 0.15) is 0 Å². The summed E-state index contributed by atoms with van der Waals surface area (Å²) in [5, 5.41) is 9.68. The largest absolute Gasteiger partial charge is 0.481 e. The molecule has 0 saturated carbocycles. The fourth-order valence-corrected chi connectivity index (χ4v) is 4.87. The molecule has 0 bridgehead atoms. The zero-order valence-electron chi connectivity index (χ0n) is 21.8. The summed E-state index contributed by atoms with van der Waals surface area (Å²) in [6.07, 6.45) is 23.3. The minimum absolute atomic E-state index is 0.358. The normalized spacial score (nSPS) is 12.2. The van der Waals surface area contributed by atoms with E-state index in [2.05, 4.69) is 39.8 Å². The number of carbonyl (C=O) groups is 1. The van der Waals surface area contributed by atoms with Crippen molar-refractivity contribution < 1.29 is 9.90 Å². The summed E-state index contributed by atoms with van der Waals surface area (Å²) in [5.41, 5.74) is 4.85. The molecule has 1 aromatic rings. The van der Waals surface area contributed by atoms with Crippen LogP contribution in [0.2, 0.25) is 0 Å². The van der Waals surface area contributed by atoms with Crippen LogP contribution in [-0.2, 0) is 11.2 Å². The van der Waals surface area contributed by atoms with Gasteiger partial charge in [0.15, 0.2) is 0 Å². The standard InChI is InChI=1S/C30H52O2/c1-5-7-9-10-11-12-13-14-15-16-17-18-19-20-21-27-23-26(4)29(24-25(27)3)28(30(31)32)22-8-6-2/h23-24,28H,5-22H2,1-4H3,(H,31,32). The lowest BCUT2D eigenvalue weighted by molar-refractivity contribution is -0.139. The molecule has 1 rings (SSSR count). The average molecular weight is 445 g/mol. The van der Waals surface area contributed by atoms with E-state index in [1.165, 1.54) is 101 Å². The molecular weight excluding hydrogens is 392 g/mol. The van der Waals surface area contributed by atoms with Crippen molar-refractivity contribution in [3.8, 4) is 0 Å². The van der Waals surface area contributed by atoms with Gasteiger partial charge in [0, 0.05) is 0 Å². The van der Waals surface area contributed by atoms with Crippen molar-refractivity contribution in [1.82, 2.24) is 0 Å². The molecule has 0 aromatic heterocycles. The van der Waals surface area contributed by atoms with Crippen LogP contribution in [0.5, 0.6) is 0 Å². The third-order valence-electron chi connectivity index (χ3n) is 7.04. The second-order valence-electron chi connectivity index (χ2n) is 10.0. The lowest BCUT2D eigenvalue weighted by atomic mass is 9.87. The number of rotatable bonds is 20. The molecule has 0 heterocycles. The zero-order valence-corrected chi connectivity index (χ0v) is 21.8. The molecule has 2 heteroatoms. The van der Waals surface area contributed by atoms with E-state index in [0.29, 0.717) is 0 Å². The monoisotopic (exact) mass is 444 g/mol. The molecular formula is C30H52O2. The van der Waals surface area contributed by atoms with E-state index in [-0.39, 0.29) is 5.92 Å². The highest BCUT2D eigenvalue weighted by Gasteiger charge is 2.21. The Hall–Kier alpha value is -1.31. The highest BCUT2D eigenvalue weighted by Crippen LogP contribution is 2.29. The molecule has 0 amide bonds. The van der Waals surface area contributed by atoms with Crippen LogP contribution in [0.4, 0.5) is 0 Å². The molecule has 0 aliphatic carbocycles. The molecule has 1 atom stereocenters. The molecule has 2 nitrogen and oxygen atoms in total. The lowest BCUT2D eigenvalue weighted by Gasteiger charge is -2.18. The van der Waals surface area contributed by atoms with E-state index < -0.39 is 5.97 Å². The number of hydrogen-bond donors (Lipinski definition) is 1. The summed E-state index contributed by atoms with van der Waals surface area (Å²) >= 11 is 0. The average Bonchev–Trinajstić information content (AvgIpc) is 2.76. The van der Waals surface area contributed by atoms with Crippen LogP contribution in [-0.4, -0.2) is 11.1 Å². The van der Waals surface area contributed by atoms with Crippen LogP contribution in [0.15, 0.2) is 12.1 Å². The van der Waals surface area contributed by atoms with Gasteiger partial charge in [0.25, 0.3) is 0 Å². The Balaban J connectivity index is 2.22. The molecule has 0 radical (unpaired) electrons. The predicted octanol–water partition coefficient (Wildman–Crippen LogP) is 9.69. The molecule has 1 N–H and O–H groups in total. The van der Waals surface area contributed by atoms with E-state index >= 15 is 0 Å². The maximum absolute atomic E-state index is 11.8. The first-order valence-electron chi connectivity index (χ1n) is 13.8. The van der Waals surface area contributed by atoms with Crippen molar-refractivity contribution in [2.24, 2.45) is 0 Å². The van der Waals surface area contributed by atoms with Gasteiger partial charge in [-0.25, -0.2) is 0 Å². The van der Waals surface area contributed by atoms with Crippen molar-refractivity contribution in [2.45, 2.75) is 149 Å². The van der Waals surface area contributed by atoms with Crippen LogP contribution in [0.25, 0.3) is 0 Å². The van der Waals surface area contributed by atoms with Crippen molar-refractivity contribution in [3.63, 3.8) is 0 Å². The first-order chi connectivity index (χ1) is 15.5. The molecule has 0 aliphatic rings. The van der Waals surface area contributed by atoms with Gasteiger partial charge in [-0.15, -0.1) is 0 Å². The molecule has 0 aliphatic heterocycles. The minimum atomic E-state index is -0.680. The number of carboxylic acids is 1. The van der Waals surface area contributed by atoms with Crippen LogP contribution in [0, 0.1) is 13.8 Å². The van der Waals surface area contributed by atoms with Gasteiger partial charge in [-0.2, -0.15) is 0 Å².